The van der Waals surface area contributed by atoms with E-state index in [1.54, 1.807) is 5.57 Å². The van der Waals surface area contributed by atoms with E-state index in [0.717, 1.165) is 24.2 Å². The Kier molecular flexibility index (Phi) is 5.10. The summed E-state index contributed by atoms with van der Waals surface area (Å²) in [5.41, 5.74) is 2.17. The van der Waals surface area contributed by atoms with Gasteiger partial charge in [-0.2, -0.15) is 0 Å². The second kappa shape index (κ2) is 6.88. The third-order valence-corrected chi connectivity index (χ3v) is 9.80. The van der Waals surface area contributed by atoms with Crippen molar-refractivity contribution in [3.05, 3.63) is 35.3 Å². The molecule has 0 amide bonds. The molecule has 0 radical (unpaired) electrons. The molecule has 2 nitrogen and oxygen atoms in total. The number of fused-ring (bicyclic) bond motifs is 5. The van der Waals surface area contributed by atoms with Crippen LogP contribution in [0.4, 0.5) is 0 Å². The molecule has 0 N–H and O–H groups in total. The zero-order chi connectivity index (χ0) is 21.2. The predicted octanol–water partition coefficient (Wildman–Crippen LogP) is 7.64. The van der Waals surface area contributed by atoms with Crippen LogP contribution in [0.1, 0.15) is 52.4 Å². The van der Waals surface area contributed by atoms with E-state index in [0.29, 0.717) is 5.41 Å². The maximum absolute atomic E-state index is 6.61. The van der Waals surface area contributed by atoms with Gasteiger partial charge in [-0.05, 0) is 112 Å². The van der Waals surface area contributed by atoms with Crippen LogP contribution >= 0.6 is 0 Å². The van der Waals surface area contributed by atoms with Crippen molar-refractivity contribution in [1.29, 1.82) is 0 Å². The van der Waals surface area contributed by atoms with Gasteiger partial charge in [0.25, 0.3) is 0 Å². The molecule has 29 heavy (non-hydrogen) atoms. The number of allylic oxidation sites excluding steroid dienone is 6. The summed E-state index contributed by atoms with van der Waals surface area (Å²) in [6, 6.07) is 0. The monoisotopic (exact) mass is 430 g/mol. The summed E-state index contributed by atoms with van der Waals surface area (Å²) in [4.78, 5) is 0. The minimum Gasteiger partial charge on any atom is -0.547 e. The van der Waals surface area contributed by atoms with Gasteiger partial charge in [0, 0.05) is 11.8 Å². The number of hydrogen-bond donors (Lipinski definition) is 0. The van der Waals surface area contributed by atoms with Crippen LogP contribution in [-0.4, -0.2) is 16.6 Å². The molecule has 4 aliphatic carbocycles. The lowest BCUT2D eigenvalue weighted by Gasteiger charge is -2.56. The Balaban J connectivity index is 1.58. The average molecular weight is 431 g/mol. The van der Waals surface area contributed by atoms with Crippen molar-refractivity contribution in [3.8, 4) is 0 Å². The highest BCUT2D eigenvalue weighted by molar-refractivity contribution is 6.70. The molecule has 4 heteroatoms. The molecule has 1 saturated carbocycles. The minimum atomic E-state index is -1.56. The van der Waals surface area contributed by atoms with Crippen molar-refractivity contribution >= 4 is 16.6 Å². The van der Waals surface area contributed by atoms with E-state index in [1.165, 1.54) is 43.6 Å². The van der Waals surface area contributed by atoms with Crippen molar-refractivity contribution in [2.45, 2.75) is 91.7 Å². The third kappa shape index (κ3) is 3.84. The smallest absolute Gasteiger partial charge is 0.241 e. The average Bonchev–Trinajstić information content (AvgIpc) is 2.89. The zero-order valence-electron chi connectivity index (χ0n) is 20.0. The first-order valence-corrected chi connectivity index (χ1v) is 18.6. The van der Waals surface area contributed by atoms with Gasteiger partial charge < -0.3 is 8.85 Å². The SMILES string of the molecule is C[C@]12CCC(O[Si](C)(C)C)=CC1=CCC1C2CC[C@]2(C)C(O[Si](C)(C)C)=CCC12. The summed E-state index contributed by atoms with van der Waals surface area (Å²) >= 11 is 0. The van der Waals surface area contributed by atoms with Gasteiger partial charge in [-0.3, -0.25) is 0 Å². The Labute approximate surface area is 181 Å². The lowest BCUT2D eigenvalue weighted by atomic mass is 9.48. The van der Waals surface area contributed by atoms with Gasteiger partial charge in [0.15, 0.2) is 0 Å². The molecule has 0 saturated heterocycles. The first-order valence-electron chi connectivity index (χ1n) is 11.8. The molecular weight excluding hydrogens is 388 g/mol. The predicted molar refractivity (Wildman–Crippen MR) is 127 cm³/mol. The summed E-state index contributed by atoms with van der Waals surface area (Å²) in [5, 5.41) is 0. The van der Waals surface area contributed by atoms with Gasteiger partial charge in [-0.1, -0.05) is 19.9 Å². The first kappa shape index (κ1) is 21.5. The van der Waals surface area contributed by atoms with Gasteiger partial charge in [0.2, 0.25) is 16.6 Å². The summed E-state index contributed by atoms with van der Waals surface area (Å²) in [6.07, 6.45) is 14.9. The van der Waals surface area contributed by atoms with Crippen LogP contribution < -0.4 is 0 Å². The standard InChI is InChI=1S/C25H42O2Si2/c1-24-15-13-19(26-28(3,4)5)17-18(24)9-10-20-21-11-12-23(27-29(6,7)8)25(21,2)16-14-22(20)24/h9,12,17,20-22H,10-11,13-16H2,1-8H3/t20?,21?,22?,24-,25-/m0/s1. The van der Waals surface area contributed by atoms with Crippen molar-refractivity contribution in [3.63, 3.8) is 0 Å². The first-order chi connectivity index (χ1) is 13.3. The fourth-order valence-electron chi connectivity index (χ4n) is 6.79. The van der Waals surface area contributed by atoms with E-state index in [-0.39, 0.29) is 5.41 Å². The van der Waals surface area contributed by atoms with Crippen molar-refractivity contribution in [2.24, 2.45) is 28.6 Å². The molecule has 0 aliphatic heterocycles. The van der Waals surface area contributed by atoms with Crippen LogP contribution in [0.5, 0.6) is 0 Å². The van der Waals surface area contributed by atoms with Crippen LogP contribution in [0.15, 0.2) is 35.3 Å². The summed E-state index contributed by atoms with van der Waals surface area (Å²) in [5.74, 6) is 4.96. The van der Waals surface area contributed by atoms with E-state index in [4.69, 9.17) is 8.85 Å². The Morgan fingerprint density at radius 3 is 2.17 bits per heavy atom. The number of hydrogen-bond acceptors (Lipinski definition) is 2. The molecule has 0 aromatic rings. The molecule has 3 unspecified atom stereocenters. The van der Waals surface area contributed by atoms with Crippen molar-refractivity contribution in [2.75, 3.05) is 0 Å². The van der Waals surface area contributed by atoms with E-state index in [9.17, 15) is 0 Å². The van der Waals surface area contributed by atoms with Crippen LogP contribution in [0.25, 0.3) is 0 Å². The summed E-state index contributed by atoms with van der Waals surface area (Å²) in [7, 11) is -3.09. The zero-order valence-corrected chi connectivity index (χ0v) is 22.0. The molecule has 162 valence electrons. The topological polar surface area (TPSA) is 18.5 Å². The highest BCUT2D eigenvalue weighted by Crippen LogP contribution is 2.65. The van der Waals surface area contributed by atoms with Gasteiger partial charge in [-0.15, -0.1) is 0 Å². The second-order valence-electron chi connectivity index (χ2n) is 12.5. The lowest BCUT2D eigenvalue weighted by molar-refractivity contribution is -0.0225. The quantitative estimate of drug-likeness (QED) is 0.427. The number of rotatable bonds is 4. The largest absolute Gasteiger partial charge is 0.547 e. The molecule has 1 fully saturated rings. The van der Waals surface area contributed by atoms with E-state index >= 15 is 0 Å². The van der Waals surface area contributed by atoms with Crippen LogP contribution in [-0.2, 0) is 8.85 Å². The maximum Gasteiger partial charge on any atom is 0.241 e. The van der Waals surface area contributed by atoms with Crippen molar-refractivity contribution < 1.29 is 8.85 Å². The van der Waals surface area contributed by atoms with Crippen LogP contribution in [0.2, 0.25) is 39.3 Å². The lowest BCUT2D eigenvalue weighted by Crippen LogP contribution is -2.49. The van der Waals surface area contributed by atoms with Gasteiger partial charge in [-0.25, -0.2) is 0 Å². The van der Waals surface area contributed by atoms with Crippen LogP contribution in [0, 0.1) is 28.6 Å². The molecule has 0 bridgehead atoms. The van der Waals surface area contributed by atoms with Gasteiger partial charge in [0.1, 0.15) is 0 Å². The van der Waals surface area contributed by atoms with E-state index in [1.807, 2.05) is 0 Å². The third-order valence-electron chi connectivity index (χ3n) is 8.10. The Morgan fingerprint density at radius 1 is 0.828 bits per heavy atom. The molecule has 0 aromatic carbocycles. The Morgan fingerprint density at radius 2 is 1.52 bits per heavy atom. The summed E-state index contributed by atoms with van der Waals surface area (Å²) < 4.78 is 13.0. The highest BCUT2D eigenvalue weighted by atomic mass is 28.4. The molecule has 0 heterocycles. The van der Waals surface area contributed by atoms with Gasteiger partial charge >= 0.3 is 0 Å². The van der Waals surface area contributed by atoms with Crippen molar-refractivity contribution in [1.82, 2.24) is 0 Å². The fraction of sp³-hybridized carbons (Fsp3) is 0.760. The fourth-order valence-corrected chi connectivity index (χ4v) is 8.71. The molecule has 4 rings (SSSR count). The maximum atomic E-state index is 6.61. The molecule has 5 atom stereocenters. The highest BCUT2D eigenvalue weighted by Gasteiger charge is 2.57. The van der Waals surface area contributed by atoms with E-state index in [2.05, 4.69) is 71.4 Å². The molecule has 0 spiro atoms. The second-order valence-corrected chi connectivity index (χ2v) is 21.3. The normalized spacial score (nSPS) is 39.4. The molecule has 0 aromatic heterocycles. The van der Waals surface area contributed by atoms with Crippen LogP contribution in [0.3, 0.4) is 0 Å². The van der Waals surface area contributed by atoms with Gasteiger partial charge in [0.05, 0.1) is 11.5 Å². The van der Waals surface area contributed by atoms with E-state index < -0.39 is 16.6 Å². The Hall–Kier alpha value is -0.746. The summed E-state index contributed by atoms with van der Waals surface area (Å²) in [6.45, 7) is 18.9. The Bertz CT molecular complexity index is 767. The molecular formula is C25H42O2Si2. The minimum absolute atomic E-state index is 0.264. The molecule has 4 aliphatic rings.